The van der Waals surface area contributed by atoms with Crippen LogP contribution in [0.3, 0.4) is 0 Å². The van der Waals surface area contributed by atoms with Gasteiger partial charge in [0, 0.05) is 47.7 Å². The second-order valence-electron chi connectivity index (χ2n) is 7.67. The highest BCUT2D eigenvalue weighted by molar-refractivity contribution is 6.20. The molecule has 1 aliphatic rings. The maximum atomic E-state index is 14.0. The second kappa shape index (κ2) is 9.77. The fraction of sp³-hybridized carbons (Fsp3) is 0.217. The number of aromatic nitrogens is 2. The number of ether oxygens (including phenoxy) is 1. The summed E-state index contributed by atoms with van der Waals surface area (Å²) in [7, 11) is 0. The van der Waals surface area contributed by atoms with Crippen LogP contribution < -0.4 is 15.0 Å². The summed E-state index contributed by atoms with van der Waals surface area (Å²) >= 11 is 4.74. The second-order valence-corrected chi connectivity index (χ2v) is 8.11. The molecule has 1 saturated heterocycles. The first-order valence-electron chi connectivity index (χ1n) is 10.3. The number of carbonyl (C=O) groups is 1. The van der Waals surface area contributed by atoms with Crippen molar-refractivity contribution < 1.29 is 27.8 Å². The summed E-state index contributed by atoms with van der Waals surface area (Å²) in [6, 6.07) is 9.58. The van der Waals surface area contributed by atoms with Gasteiger partial charge in [0.15, 0.2) is 0 Å². The van der Waals surface area contributed by atoms with Gasteiger partial charge in [-0.2, -0.15) is 5.26 Å². The molecule has 1 atom stereocenters. The van der Waals surface area contributed by atoms with E-state index in [1.54, 1.807) is 4.90 Å². The molecule has 3 heterocycles. The zero-order valence-corrected chi connectivity index (χ0v) is 18.6. The highest BCUT2D eigenvalue weighted by atomic mass is 35.5. The van der Waals surface area contributed by atoms with Crippen molar-refractivity contribution >= 4 is 29.0 Å². The molecule has 3 aromatic rings. The van der Waals surface area contributed by atoms with Crippen LogP contribution in [0, 0.1) is 17.1 Å². The average Bonchev–Trinajstić information content (AvgIpc) is 3.25. The Hall–Kier alpha value is -3.88. The minimum absolute atomic E-state index is 0.0570. The van der Waals surface area contributed by atoms with E-state index >= 15 is 0 Å². The number of benzene rings is 1. The van der Waals surface area contributed by atoms with E-state index in [9.17, 15) is 28.3 Å². The Morgan fingerprint density at radius 3 is 2.60 bits per heavy atom. The molecule has 1 amide bonds. The van der Waals surface area contributed by atoms with E-state index in [1.165, 1.54) is 36.5 Å². The molecule has 1 fully saturated rings. The van der Waals surface area contributed by atoms with Crippen molar-refractivity contribution in [2.45, 2.75) is 18.1 Å². The van der Waals surface area contributed by atoms with Crippen LogP contribution in [-0.4, -0.2) is 45.7 Å². The Bertz CT molecular complexity index is 1300. The third-order valence-corrected chi connectivity index (χ3v) is 5.27. The zero-order chi connectivity index (χ0) is 25.2. The summed E-state index contributed by atoms with van der Waals surface area (Å²) in [5.41, 5.74) is -3.12. The fourth-order valence-electron chi connectivity index (χ4n) is 3.64. The zero-order valence-electron chi connectivity index (χ0n) is 17.9. The number of aliphatic hydroxyl groups excluding tert-OH is 1. The van der Waals surface area contributed by atoms with Crippen molar-refractivity contribution in [1.82, 2.24) is 9.97 Å². The van der Waals surface area contributed by atoms with Crippen LogP contribution in [0.1, 0.15) is 22.5 Å². The van der Waals surface area contributed by atoms with Gasteiger partial charge in [0.25, 0.3) is 5.91 Å². The van der Waals surface area contributed by atoms with Gasteiger partial charge in [-0.05, 0) is 42.8 Å². The van der Waals surface area contributed by atoms with E-state index in [0.29, 0.717) is 24.3 Å². The average molecular weight is 504 g/mol. The minimum atomic E-state index is -3.87. The smallest absolute Gasteiger partial charge is 0.420 e. The molecule has 0 aliphatic carbocycles. The lowest BCUT2D eigenvalue weighted by Crippen LogP contribution is -2.23. The summed E-state index contributed by atoms with van der Waals surface area (Å²) in [5.74, 6) is -1.10. The molecule has 4 rings (SSSR count). The summed E-state index contributed by atoms with van der Waals surface area (Å²) in [6.07, 6.45) is 2.16. The van der Waals surface area contributed by atoms with Gasteiger partial charge < -0.3 is 20.1 Å². The van der Waals surface area contributed by atoms with Crippen LogP contribution in [0.5, 0.6) is 5.75 Å². The first kappa shape index (κ1) is 24.3. The molecule has 12 heteroatoms. The Balaban J connectivity index is 1.66. The van der Waals surface area contributed by atoms with Crippen molar-refractivity contribution in [3.63, 3.8) is 0 Å². The molecule has 0 bridgehead atoms. The molecule has 0 spiro atoms. The predicted molar refractivity (Wildman–Crippen MR) is 121 cm³/mol. The summed E-state index contributed by atoms with van der Waals surface area (Å²) in [5, 5.41) is 22.0. The molecular weight excluding hydrogens is 487 g/mol. The SMILES string of the molecule is N#Cc1ncc(F)cc1-c1cc(C(=O)Nc2ccc(OC(F)(F)Cl)cc2)cnc1N1CCC(O)C1. The lowest BCUT2D eigenvalue weighted by Gasteiger charge is -2.21. The Kier molecular flexibility index (Phi) is 6.77. The molecule has 1 unspecified atom stereocenters. The van der Waals surface area contributed by atoms with Crippen molar-refractivity contribution in [2.24, 2.45) is 0 Å². The number of nitrogens with zero attached hydrogens (tertiary/aromatic N) is 4. The van der Waals surface area contributed by atoms with Gasteiger partial charge in [-0.1, -0.05) is 0 Å². The van der Waals surface area contributed by atoms with Crippen molar-refractivity contribution in [1.29, 1.82) is 5.26 Å². The number of anilines is 2. The van der Waals surface area contributed by atoms with Crippen molar-refractivity contribution in [3.05, 3.63) is 65.9 Å². The number of pyridine rings is 2. The molecule has 2 N–H and O–H groups in total. The Morgan fingerprint density at radius 2 is 1.97 bits per heavy atom. The van der Waals surface area contributed by atoms with Gasteiger partial charge in [0.2, 0.25) is 0 Å². The first-order chi connectivity index (χ1) is 16.6. The number of alkyl halides is 3. The normalized spacial score (nSPS) is 15.5. The van der Waals surface area contributed by atoms with Crippen LogP contribution in [0.4, 0.5) is 24.7 Å². The summed E-state index contributed by atoms with van der Waals surface area (Å²) in [6.45, 7) is 0.763. The molecule has 180 valence electrons. The van der Waals surface area contributed by atoms with E-state index in [1.807, 2.05) is 6.07 Å². The lowest BCUT2D eigenvalue weighted by molar-refractivity contribution is -0.0964. The maximum absolute atomic E-state index is 14.0. The Morgan fingerprint density at radius 1 is 1.23 bits per heavy atom. The molecule has 0 saturated carbocycles. The molecule has 1 aliphatic heterocycles. The van der Waals surface area contributed by atoms with Gasteiger partial charge in [0.05, 0.1) is 17.9 Å². The highest BCUT2D eigenvalue weighted by Crippen LogP contribution is 2.34. The number of nitrogens with one attached hydrogen (secondary N) is 1. The highest BCUT2D eigenvalue weighted by Gasteiger charge is 2.28. The largest absolute Gasteiger partial charge is 0.487 e. The van der Waals surface area contributed by atoms with Gasteiger partial charge in [-0.15, -0.1) is 8.78 Å². The molecule has 1 aromatic carbocycles. The van der Waals surface area contributed by atoms with Crippen LogP contribution in [0.2, 0.25) is 0 Å². The van der Waals surface area contributed by atoms with E-state index < -0.39 is 23.4 Å². The maximum Gasteiger partial charge on any atom is 0.487 e. The standard InChI is InChI=1S/C23H17ClF3N5O3/c24-23(26,27)35-17-3-1-15(2-4-17)31-22(34)13-7-19(18-8-14(25)11-29-20(18)9-28)21(30-10-13)32-6-5-16(33)12-32/h1-4,7-8,10-11,16,33H,5-6,12H2,(H,31,34). The van der Waals surface area contributed by atoms with E-state index in [2.05, 4.69) is 20.0 Å². The fourth-order valence-corrected chi connectivity index (χ4v) is 3.73. The third-order valence-electron chi connectivity index (χ3n) is 5.19. The molecule has 35 heavy (non-hydrogen) atoms. The van der Waals surface area contributed by atoms with Gasteiger partial charge >= 0.3 is 5.57 Å². The van der Waals surface area contributed by atoms with Gasteiger partial charge in [-0.25, -0.2) is 14.4 Å². The summed E-state index contributed by atoms with van der Waals surface area (Å²) in [4.78, 5) is 22.9. The Labute approximate surface area is 202 Å². The molecular formula is C23H17ClF3N5O3. The number of amides is 1. The van der Waals surface area contributed by atoms with Crippen LogP contribution in [0.15, 0.2) is 48.8 Å². The number of hydrogen-bond donors (Lipinski definition) is 2. The number of aliphatic hydroxyl groups is 1. The topological polar surface area (TPSA) is 111 Å². The number of carbonyl (C=O) groups excluding carboxylic acids is 1. The third kappa shape index (κ3) is 5.79. The van der Waals surface area contributed by atoms with E-state index in [-0.39, 0.29) is 34.8 Å². The molecule has 8 nitrogen and oxygen atoms in total. The minimum Gasteiger partial charge on any atom is -0.420 e. The number of hydrogen-bond acceptors (Lipinski definition) is 7. The molecule has 2 aromatic heterocycles. The number of β-amino-alcohol motifs (C(OH)–C–C–N with tert-alkyl or cyclic N) is 1. The van der Waals surface area contributed by atoms with Crippen LogP contribution in [-0.2, 0) is 0 Å². The predicted octanol–water partition coefficient (Wildman–Crippen LogP) is 4.15. The molecule has 0 radical (unpaired) electrons. The lowest BCUT2D eigenvalue weighted by atomic mass is 10.0. The monoisotopic (exact) mass is 503 g/mol. The number of nitriles is 1. The van der Waals surface area contributed by atoms with Crippen LogP contribution >= 0.6 is 11.6 Å². The quantitative estimate of drug-likeness (QED) is 0.486. The first-order valence-corrected chi connectivity index (χ1v) is 10.7. The van der Waals surface area contributed by atoms with Crippen molar-refractivity contribution in [2.75, 3.05) is 23.3 Å². The number of halogens is 4. The van der Waals surface area contributed by atoms with Crippen molar-refractivity contribution in [3.8, 4) is 22.9 Å². The van der Waals surface area contributed by atoms with Gasteiger partial charge in [-0.3, -0.25) is 4.79 Å². The van der Waals surface area contributed by atoms with E-state index in [4.69, 9.17) is 11.6 Å². The van der Waals surface area contributed by atoms with Gasteiger partial charge in [0.1, 0.15) is 29.1 Å². The number of rotatable bonds is 6. The summed E-state index contributed by atoms with van der Waals surface area (Å²) < 4.78 is 43.8. The van der Waals surface area contributed by atoms with E-state index in [0.717, 1.165) is 12.3 Å². The van der Waals surface area contributed by atoms with Crippen LogP contribution in [0.25, 0.3) is 11.1 Å².